The number of phenols is 1. The number of furan rings is 1. The molecule has 4 nitrogen and oxygen atoms in total. The fourth-order valence-electron chi connectivity index (χ4n) is 3.36. The number of amides is 1. The normalized spacial score (nSPS) is 11.1. The van der Waals surface area contributed by atoms with Gasteiger partial charge in [-0.05, 0) is 47.5 Å². The van der Waals surface area contributed by atoms with E-state index in [2.05, 4.69) is 12.2 Å². The van der Waals surface area contributed by atoms with Gasteiger partial charge < -0.3 is 14.8 Å². The standard InChI is InChI=1S/C23H21NO3/c1-2-3-7-21-22(19-6-4-5-8-20(19)27-21)23(26)24-17-11-9-16-14-18(25)12-10-15(16)13-17/h4-6,8-14,25H,2-3,7H2,1H3,(H,24,26). The molecule has 0 bridgehead atoms. The predicted molar refractivity (Wildman–Crippen MR) is 108 cm³/mol. The summed E-state index contributed by atoms with van der Waals surface area (Å²) in [5, 5.41) is 15.3. The number of carbonyl (C=O) groups excluding carboxylic acids is 1. The second-order valence-electron chi connectivity index (χ2n) is 6.70. The highest BCUT2D eigenvalue weighted by atomic mass is 16.3. The number of unbranched alkanes of at least 4 members (excludes halogenated alkanes) is 1. The van der Waals surface area contributed by atoms with Crippen LogP contribution in [0.2, 0.25) is 0 Å². The van der Waals surface area contributed by atoms with E-state index in [0.29, 0.717) is 11.3 Å². The third-order valence-electron chi connectivity index (χ3n) is 4.73. The van der Waals surface area contributed by atoms with E-state index in [1.165, 1.54) is 0 Å². The number of nitrogens with one attached hydrogen (secondary N) is 1. The number of aromatic hydroxyl groups is 1. The number of rotatable bonds is 5. The van der Waals surface area contributed by atoms with Crippen molar-refractivity contribution >= 4 is 33.3 Å². The number of anilines is 1. The molecule has 0 spiro atoms. The number of aryl methyl sites for hydroxylation is 1. The lowest BCUT2D eigenvalue weighted by molar-refractivity contribution is 0.102. The number of benzene rings is 3. The number of para-hydroxylation sites is 1. The minimum Gasteiger partial charge on any atom is -0.508 e. The van der Waals surface area contributed by atoms with Crippen molar-refractivity contribution < 1.29 is 14.3 Å². The van der Waals surface area contributed by atoms with Crippen molar-refractivity contribution in [3.05, 3.63) is 72.0 Å². The van der Waals surface area contributed by atoms with Crippen LogP contribution >= 0.6 is 0 Å². The summed E-state index contributed by atoms with van der Waals surface area (Å²) >= 11 is 0. The van der Waals surface area contributed by atoms with Crippen molar-refractivity contribution in [2.75, 3.05) is 5.32 Å². The Balaban J connectivity index is 1.69. The Labute approximate surface area is 157 Å². The second kappa shape index (κ2) is 7.16. The minimum absolute atomic E-state index is 0.163. The van der Waals surface area contributed by atoms with Crippen LogP contribution in [0.4, 0.5) is 5.69 Å². The van der Waals surface area contributed by atoms with Crippen molar-refractivity contribution in [3.8, 4) is 5.75 Å². The summed E-state index contributed by atoms with van der Waals surface area (Å²) in [4.78, 5) is 13.1. The van der Waals surface area contributed by atoms with E-state index in [0.717, 1.165) is 46.8 Å². The van der Waals surface area contributed by atoms with Crippen LogP contribution in [0.3, 0.4) is 0 Å². The summed E-state index contributed by atoms with van der Waals surface area (Å²) in [7, 11) is 0. The van der Waals surface area contributed by atoms with Gasteiger partial charge in [0.15, 0.2) is 0 Å². The van der Waals surface area contributed by atoms with Crippen molar-refractivity contribution in [1.82, 2.24) is 0 Å². The van der Waals surface area contributed by atoms with Crippen LogP contribution in [0, 0.1) is 0 Å². The van der Waals surface area contributed by atoms with E-state index in [1.807, 2.05) is 48.5 Å². The molecule has 3 aromatic carbocycles. The highest BCUT2D eigenvalue weighted by molar-refractivity contribution is 6.13. The molecule has 0 saturated heterocycles. The predicted octanol–water partition coefficient (Wildman–Crippen LogP) is 5.89. The van der Waals surface area contributed by atoms with Gasteiger partial charge >= 0.3 is 0 Å². The Morgan fingerprint density at radius 3 is 2.67 bits per heavy atom. The summed E-state index contributed by atoms with van der Waals surface area (Å²) in [6, 6.07) is 18.4. The summed E-state index contributed by atoms with van der Waals surface area (Å²) in [5.74, 6) is 0.801. The average Bonchev–Trinajstić information content (AvgIpc) is 3.05. The molecular weight excluding hydrogens is 338 g/mol. The van der Waals surface area contributed by atoms with Crippen molar-refractivity contribution in [2.45, 2.75) is 26.2 Å². The Morgan fingerprint density at radius 1 is 1.04 bits per heavy atom. The summed E-state index contributed by atoms with van der Waals surface area (Å²) in [6.07, 6.45) is 2.75. The van der Waals surface area contributed by atoms with Gasteiger partial charge in [0.1, 0.15) is 17.1 Å². The molecule has 1 heterocycles. The molecule has 1 amide bonds. The van der Waals surface area contributed by atoms with Crippen LogP contribution in [0.1, 0.15) is 35.9 Å². The lowest BCUT2D eigenvalue weighted by atomic mass is 10.1. The quantitative estimate of drug-likeness (QED) is 0.467. The molecule has 0 unspecified atom stereocenters. The molecule has 0 atom stereocenters. The summed E-state index contributed by atoms with van der Waals surface area (Å²) < 4.78 is 5.95. The molecule has 1 aromatic heterocycles. The van der Waals surface area contributed by atoms with Crippen molar-refractivity contribution in [2.24, 2.45) is 0 Å². The van der Waals surface area contributed by atoms with Crippen molar-refractivity contribution in [3.63, 3.8) is 0 Å². The van der Waals surface area contributed by atoms with E-state index < -0.39 is 0 Å². The maximum absolute atomic E-state index is 13.1. The Hall–Kier alpha value is -3.27. The molecule has 4 rings (SSSR count). The average molecular weight is 359 g/mol. The molecule has 27 heavy (non-hydrogen) atoms. The van der Waals surface area contributed by atoms with Crippen molar-refractivity contribution in [1.29, 1.82) is 0 Å². The number of hydrogen-bond donors (Lipinski definition) is 2. The van der Waals surface area contributed by atoms with E-state index in [-0.39, 0.29) is 11.7 Å². The first-order valence-corrected chi connectivity index (χ1v) is 9.20. The van der Waals surface area contributed by atoms with Gasteiger partial charge in [-0.15, -0.1) is 0 Å². The molecule has 0 fully saturated rings. The van der Waals surface area contributed by atoms with Gasteiger partial charge in [-0.1, -0.05) is 43.7 Å². The largest absolute Gasteiger partial charge is 0.508 e. The lowest BCUT2D eigenvalue weighted by Crippen LogP contribution is -2.13. The number of carbonyl (C=O) groups is 1. The van der Waals surface area contributed by atoms with Crippen LogP contribution in [-0.2, 0) is 6.42 Å². The molecule has 2 N–H and O–H groups in total. The monoisotopic (exact) mass is 359 g/mol. The summed E-state index contributed by atoms with van der Waals surface area (Å²) in [5.41, 5.74) is 2.07. The molecular formula is C23H21NO3. The number of phenolic OH excluding ortho intramolecular Hbond substituents is 1. The third-order valence-corrected chi connectivity index (χ3v) is 4.73. The van der Waals surface area contributed by atoms with Gasteiger partial charge in [-0.2, -0.15) is 0 Å². The van der Waals surface area contributed by atoms with Crippen LogP contribution in [0.25, 0.3) is 21.7 Å². The second-order valence-corrected chi connectivity index (χ2v) is 6.70. The molecule has 0 aliphatic rings. The van der Waals surface area contributed by atoms with Gasteiger partial charge in [0.25, 0.3) is 5.91 Å². The first-order valence-electron chi connectivity index (χ1n) is 9.20. The Morgan fingerprint density at radius 2 is 1.81 bits per heavy atom. The first kappa shape index (κ1) is 17.2. The Bertz CT molecular complexity index is 1130. The lowest BCUT2D eigenvalue weighted by Gasteiger charge is -2.08. The minimum atomic E-state index is -0.163. The van der Waals surface area contributed by atoms with E-state index in [9.17, 15) is 9.90 Å². The van der Waals surface area contributed by atoms with E-state index in [1.54, 1.807) is 12.1 Å². The van der Waals surface area contributed by atoms with Crippen LogP contribution in [0.5, 0.6) is 5.75 Å². The van der Waals surface area contributed by atoms with Crippen LogP contribution < -0.4 is 5.32 Å². The molecule has 0 radical (unpaired) electrons. The van der Waals surface area contributed by atoms with Crippen LogP contribution in [0.15, 0.2) is 65.1 Å². The van der Waals surface area contributed by atoms with Gasteiger partial charge in [0.2, 0.25) is 0 Å². The maximum atomic E-state index is 13.1. The molecule has 0 aliphatic carbocycles. The zero-order valence-corrected chi connectivity index (χ0v) is 15.2. The number of fused-ring (bicyclic) bond motifs is 2. The fourth-order valence-corrected chi connectivity index (χ4v) is 3.36. The summed E-state index contributed by atoms with van der Waals surface area (Å²) in [6.45, 7) is 2.12. The fraction of sp³-hybridized carbons (Fsp3) is 0.174. The van der Waals surface area contributed by atoms with Gasteiger partial charge in [0.05, 0.1) is 5.56 Å². The zero-order valence-electron chi connectivity index (χ0n) is 15.2. The van der Waals surface area contributed by atoms with E-state index in [4.69, 9.17) is 4.42 Å². The SMILES string of the molecule is CCCCc1oc2ccccc2c1C(=O)Nc1ccc2cc(O)ccc2c1. The first-order chi connectivity index (χ1) is 13.2. The van der Waals surface area contributed by atoms with Gasteiger partial charge in [-0.25, -0.2) is 0 Å². The van der Waals surface area contributed by atoms with Crippen LogP contribution in [-0.4, -0.2) is 11.0 Å². The molecule has 136 valence electrons. The van der Waals surface area contributed by atoms with Gasteiger partial charge in [-0.3, -0.25) is 4.79 Å². The molecule has 0 aliphatic heterocycles. The topological polar surface area (TPSA) is 62.5 Å². The Kier molecular flexibility index (Phi) is 4.55. The van der Waals surface area contributed by atoms with Gasteiger partial charge in [0, 0.05) is 17.5 Å². The highest BCUT2D eigenvalue weighted by Gasteiger charge is 2.20. The zero-order chi connectivity index (χ0) is 18.8. The smallest absolute Gasteiger partial charge is 0.259 e. The molecule has 4 aromatic rings. The highest BCUT2D eigenvalue weighted by Crippen LogP contribution is 2.29. The van der Waals surface area contributed by atoms with E-state index >= 15 is 0 Å². The molecule has 4 heteroatoms. The third kappa shape index (κ3) is 3.38. The number of hydrogen-bond acceptors (Lipinski definition) is 3. The molecule has 0 saturated carbocycles. The maximum Gasteiger partial charge on any atom is 0.259 e.